The number of rotatable bonds is 11. The second-order valence-electron chi connectivity index (χ2n) is 13.2. The monoisotopic (exact) mass is 667 g/mol. The van der Waals surface area contributed by atoms with Crippen LogP contribution in [0.2, 0.25) is 5.04 Å². The molecule has 1 aliphatic rings. The van der Waals surface area contributed by atoms with Gasteiger partial charge in [0.15, 0.2) is 5.78 Å². The summed E-state index contributed by atoms with van der Waals surface area (Å²) in [6.07, 6.45) is -1.12. The van der Waals surface area contributed by atoms with Crippen molar-refractivity contribution < 1.29 is 33.3 Å². The Balaban J connectivity index is 1.72. The maximum atomic E-state index is 14.3. The van der Waals surface area contributed by atoms with E-state index in [1.54, 1.807) is 32.4 Å². The number of Topliss-reactive ketones (excluding diaryl/α,β-unsaturated/α-hetero) is 1. The minimum Gasteiger partial charge on any atom is -0.497 e. The van der Waals surface area contributed by atoms with Gasteiger partial charge >= 0.3 is 0 Å². The number of methoxy groups -OCH3 is 3. The molecule has 252 valence electrons. The van der Waals surface area contributed by atoms with Crippen LogP contribution in [0.15, 0.2) is 91.0 Å². The summed E-state index contributed by atoms with van der Waals surface area (Å²) in [4.78, 5) is 26.5. The Morgan fingerprint density at radius 3 is 1.98 bits per heavy atom. The van der Waals surface area contributed by atoms with Crippen LogP contribution in [0.5, 0.6) is 17.2 Å². The summed E-state index contributed by atoms with van der Waals surface area (Å²) in [5, 5.41) is 16.3. The molecule has 1 amide bonds. The van der Waals surface area contributed by atoms with E-state index in [9.17, 15) is 14.7 Å². The van der Waals surface area contributed by atoms with Crippen molar-refractivity contribution in [1.29, 1.82) is 0 Å². The maximum Gasteiger partial charge on any atom is 0.261 e. The number of ether oxygens (including phenoxy) is 3. The molecule has 0 aromatic heterocycles. The molecule has 48 heavy (non-hydrogen) atoms. The Kier molecular flexibility index (Phi) is 10.4. The first-order valence-electron chi connectivity index (χ1n) is 16.1. The van der Waals surface area contributed by atoms with Crippen molar-refractivity contribution in [2.45, 2.75) is 51.2 Å². The normalized spacial score (nSPS) is 17.8. The zero-order valence-corrected chi connectivity index (χ0v) is 29.7. The van der Waals surface area contributed by atoms with E-state index in [4.69, 9.17) is 18.6 Å². The molecule has 2 unspecified atom stereocenters. The van der Waals surface area contributed by atoms with E-state index in [1.807, 2.05) is 48.5 Å². The van der Waals surface area contributed by atoms with Gasteiger partial charge in [0.1, 0.15) is 23.4 Å². The van der Waals surface area contributed by atoms with E-state index in [0.717, 1.165) is 15.9 Å². The molecule has 4 aromatic rings. The fourth-order valence-corrected chi connectivity index (χ4v) is 11.8. The van der Waals surface area contributed by atoms with Crippen LogP contribution in [-0.2, 0) is 20.4 Å². The van der Waals surface area contributed by atoms with Crippen LogP contribution in [0.1, 0.15) is 56.4 Å². The predicted octanol–water partition coefficient (Wildman–Crippen LogP) is 5.81. The Morgan fingerprint density at radius 1 is 0.833 bits per heavy atom. The van der Waals surface area contributed by atoms with Gasteiger partial charge in [-0.1, -0.05) is 93.6 Å². The van der Waals surface area contributed by atoms with Crippen molar-refractivity contribution in [2.24, 2.45) is 5.92 Å². The van der Waals surface area contributed by atoms with E-state index in [-0.39, 0.29) is 29.8 Å². The number of hydrogen-bond acceptors (Lipinski definition) is 7. The number of ketones is 1. The van der Waals surface area contributed by atoms with Crippen LogP contribution < -0.4 is 29.9 Å². The maximum absolute atomic E-state index is 14.3. The lowest BCUT2D eigenvalue weighted by atomic mass is 9.70. The van der Waals surface area contributed by atoms with Crippen LogP contribution >= 0.6 is 0 Å². The SMILES string of the molecule is COc1ccc(CC2C(=O)C(O)c3ccc(NC(C)=O)c(OC)c3[C@@H]2CO[Si](c2ccccc2)(c2ccccc2)C(C)(C)C)c(OC)c1. The molecule has 4 aromatic carbocycles. The molecular weight excluding hydrogens is 623 g/mol. The number of aliphatic hydroxyl groups excluding tert-OH is 1. The standard InChI is InChI=1S/C39H45NO7Si/c1-25(41)40-33-21-20-30-35(38(33)46-7)32(31(37(43)36(30)42)22-26-18-19-27(44-5)23-34(26)45-6)24-47-48(39(2,3)4,28-14-10-8-11-15-28)29-16-12-9-13-17-29/h8-21,23,31-32,36,42H,22,24H2,1-7H3,(H,40,41)/t31?,32-,36?/m1/s1. The summed E-state index contributed by atoms with van der Waals surface area (Å²) in [5.41, 5.74) is 2.34. The van der Waals surface area contributed by atoms with Crippen molar-refractivity contribution >= 4 is 36.1 Å². The highest BCUT2D eigenvalue weighted by atomic mass is 28.4. The van der Waals surface area contributed by atoms with Crippen LogP contribution in [-0.4, -0.2) is 53.1 Å². The quantitative estimate of drug-likeness (QED) is 0.195. The second-order valence-corrected chi connectivity index (χ2v) is 17.5. The van der Waals surface area contributed by atoms with Gasteiger partial charge in [0.05, 0.1) is 27.0 Å². The number of carbonyl (C=O) groups is 2. The van der Waals surface area contributed by atoms with Gasteiger partial charge in [-0.2, -0.15) is 0 Å². The molecule has 1 aliphatic carbocycles. The number of nitrogens with one attached hydrogen (secondary N) is 1. The van der Waals surface area contributed by atoms with Gasteiger partial charge in [-0.25, -0.2) is 0 Å². The van der Waals surface area contributed by atoms with Crippen molar-refractivity contribution in [2.75, 3.05) is 33.3 Å². The number of fused-ring (bicyclic) bond motifs is 1. The summed E-state index contributed by atoms with van der Waals surface area (Å²) >= 11 is 0. The van der Waals surface area contributed by atoms with Crippen LogP contribution in [0.25, 0.3) is 0 Å². The zero-order valence-electron chi connectivity index (χ0n) is 28.7. The molecule has 0 aliphatic heterocycles. The van der Waals surface area contributed by atoms with Crippen molar-refractivity contribution in [3.05, 3.63) is 108 Å². The third-order valence-corrected chi connectivity index (χ3v) is 14.4. The molecule has 0 spiro atoms. The van der Waals surface area contributed by atoms with Gasteiger partial charge in [0, 0.05) is 37.0 Å². The molecule has 0 fully saturated rings. The average molecular weight is 668 g/mol. The minimum absolute atomic E-state index is 0.155. The number of benzene rings is 4. The topological polar surface area (TPSA) is 103 Å². The third-order valence-electron chi connectivity index (χ3n) is 9.36. The lowest BCUT2D eigenvalue weighted by molar-refractivity contribution is -0.134. The highest BCUT2D eigenvalue weighted by Crippen LogP contribution is 2.49. The third kappa shape index (κ3) is 6.50. The van der Waals surface area contributed by atoms with Gasteiger partial charge in [0.2, 0.25) is 5.91 Å². The molecule has 3 atom stereocenters. The predicted molar refractivity (Wildman–Crippen MR) is 190 cm³/mol. The molecule has 0 saturated carbocycles. The first-order chi connectivity index (χ1) is 23.0. The largest absolute Gasteiger partial charge is 0.497 e. The highest BCUT2D eigenvalue weighted by Gasteiger charge is 2.52. The molecule has 8 nitrogen and oxygen atoms in total. The molecule has 0 heterocycles. The fourth-order valence-electron chi connectivity index (χ4n) is 7.18. The van der Waals surface area contributed by atoms with E-state index < -0.39 is 26.3 Å². The van der Waals surface area contributed by atoms with E-state index in [0.29, 0.717) is 34.1 Å². The molecule has 2 N–H and O–H groups in total. The summed E-state index contributed by atoms with van der Waals surface area (Å²) in [6, 6.07) is 29.5. The van der Waals surface area contributed by atoms with Crippen LogP contribution in [0.3, 0.4) is 0 Å². The van der Waals surface area contributed by atoms with E-state index in [2.05, 4.69) is 50.4 Å². The summed E-state index contributed by atoms with van der Waals surface area (Å²) in [6.45, 7) is 8.20. The zero-order chi connectivity index (χ0) is 34.6. The number of aliphatic hydroxyl groups is 1. The molecule has 9 heteroatoms. The van der Waals surface area contributed by atoms with Crippen LogP contribution in [0, 0.1) is 5.92 Å². The average Bonchev–Trinajstić information content (AvgIpc) is 3.08. The van der Waals surface area contributed by atoms with Gasteiger partial charge < -0.3 is 29.1 Å². The smallest absolute Gasteiger partial charge is 0.261 e. The van der Waals surface area contributed by atoms with E-state index in [1.165, 1.54) is 14.0 Å². The Labute approximate surface area is 284 Å². The summed E-state index contributed by atoms with van der Waals surface area (Å²) < 4.78 is 24.6. The number of amides is 1. The van der Waals surface area contributed by atoms with Gasteiger partial charge in [-0.3, -0.25) is 9.59 Å². The Hall–Kier alpha value is -4.44. The minimum atomic E-state index is -3.04. The Bertz CT molecular complexity index is 1710. The molecule has 0 saturated heterocycles. The number of hydrogen-bond donors (Lipinski definition) is 2. The fraction of sp³-hybridized carbons (Fsp3) is 0.333. The lowest BCUT2D eigenvalue weighted by Crippen LogP contribution is -2.67. The molecule has 5 rings (SSSR count). The molecule has 0 bridgehead atoms. The highest BCUT2D eigenvalue weighted by molar-refractivity contribution is 6.99. The second kappa shape index (κ2) is 14.4. The molecule has 0 radical (unpaired) electrons. The van der Waals surface area contributed by atoms with Gasteiger partial charge in [-0.05, 0) is 45.1 Å². The van der Waals surface area contributed by atoms with Crippen molar-refractivity contribution in [3.63, 3.8) is 0 Å². The first-order valence-corrected chi connectivity index (χ1v) is 18.0. The van der Waals surface area contributed by atoms with Crippen molar-refractivity contribution in [1.82, 2.24) is 0 Å². The van der Waals surface area contributed by atoms with Crippen LogP contribution in [0.4, 0.5) is 5.69 Å². The summed E-state index contributed by atoms with van der Waals surface area (Å²) in [5.74, 6) is -0.234. The Morgan fingerprint density at radius 2 is 1.46 bits per heavy atom. The first kappa shape index (κ1) is 34.9. The number of anilines is 1. The van der Waals surface area contributed by atoms with E-state index >= 15 is 0 Å². The van der Waals surface area contributed by atoms with Gasteiger partial charge in [0.25, 0.3) is 8.32 Å². The van der Waals surface area contributed by atoms with Crippen molar-refractivity contribution in [3.8, 4) is 17.2 Å². The lowest BCUT2D eigenvalue weighted by Gasteiger charge is -2.45. The number of carbonyl (C=O) groups excluding carboxylic acids is 2. The van der Waals surface area contributed by atoms with Gasteiger partial charge in [-0.15, -0.1) is 0 Å². The molecular formula is C39H45NO7Si. The summed E-state index contributed by atoms with van der Waals surface area (Å²) in [7, 11) is 1.66.